The van der Waals surface area contributed by atoms with Crippen LogP contribution in [0.1, 0.15) is 127 Å². The number of fused-ring (bicyclic) bond motifs is 6. The van der Waals surface area contributed by atoms with Crippen LogP contribution in [0.25, 0.3) is 21.8 Å². The van der Waals surface area contributed by atoms with Crippen molar-refractivity contribution >= 4 is 109 Å². The molecule has 10 N–H and O–H groups in total. The van der Waals surface area contributed by atoms with Crippen molar-refractivity contribution in [3.63, 3.8) is 0 Å². The highest BCUT2D eigenvalue weighted by Gasteiger charge is 2.42. The topological polar surface area (TPSA) is 627 Å². The van der Waals surface area contributed by atoms with E-state index < -0.39 is 35.5 Å². The lowest BCUT2D eigenvalue weighted by atomic mass is 10.00. The first kappa shape index (κ1) is 94.7. The van der Waals surface area contributed by atoms with Crippen LogP contribution in [0.2, 0.25) is 0 Å². The number of benzene rings is 3. The van der Waals surface area contributed by atoms with Gasteiger partial charge in [0, 0.05) is 120 Å². The maximum atomic E-state index is 12.5. The van der Waals surface area contributed by atoms with Gasteiger partial charge in [0.05, 0.1) is 133 Å². The number of aromatic amines is 2. The first-order valence-corrected chi connectivity index (χ1v) is 45.2. The van der Waals surface area contributed by atoms with Gasteiger partial charge >= 0.3 is 0 Å². The van der Waals surface area contributed by atoms with Crippen molar-refractivity contribution in [3.05, 3.63) is 276 Å². The third-order valence-electron chi connectivity index (χ3n) is 23.1. The molecule has 8 unspecified atom stereocenters. The Morgan fingerprint density at radius 3 is 1.34 bits per heavy atom. The van der Waals surface area contributed by atoms with Crippen LogP contribution in [-0.2, 0) is 140 Å². The molecule has 49 nitrogen and oxygen atoms in total. The van der Waals surface area contributed by atoms with Crippen LogP contribution in [0.3, 0.4) is 0 Å². The van der Waals surface area contributed by atoms with E-state index in [0.717, 1.165) is 72.5 Å². The molecule has 14 aromatic rings. The third-order valence-corrected chi connectivity index (χ3v) is 23.1. The molecule has 8 amide bonds. The number of para-hydroxylation sites is 3. The molecule has 1 aliphatic carbocycles. The highest BCUT2D eigenvalue weighted by atomic mass is 16.6. The van der Waals surface area contributed by atoms with E-state index in [0.29, 0.717) is 156 Å². The number of allylic oxidation sites excluding steroid dienone is 6. The maximum Gasteiger partial charge on any atom is 0.242 e. The van der Waals surface area contributed by atoms with Gasteiger partial charge in [-0.3, -0.25) is 72.6 Å². The summed E-state index contributed by atoms with van der Waals surface area (Å²) in [5, 5.41) is 85.3. The molecule has 142 heavy (non-hydrogen) atoms. The van der Waals surface area contributed by atoms with Gasteiger partial charge in [-0.25, -0.2) is 38.4 Å². The first-order valence-electron chi connectivity index (χ1n) is 45.2. The Balaban J connectivity index is 0.000000112. The number of carbonyl (C=O) groups is 11. The molecule has 8 aliphatic heterocycles. The van der Waals surface area contributed by atoms with Crippen molar-refractivity contribution in [1.82, 2.24) is 152 Å². The number of hydrogen-bond donors (Lipinski definition) is 10. The molecule has 11 aromatic heterocycles. The maximum absolute atomic E-state index is 12.5. The molecule has 4 fully saturated rings. The van der Waals surface area contributed by atoms with Crippen LogP contribution < -0.4 is 42.5 Å². The number of H-pyrrole nitrogens is 2. The van der Waals surface area contributed by atoms with E-state index in [-0.39, 0.29) is 103 Å². The molecule has 0 saturated carbocycles. The van der Waals surface area contributed by atoms with E-state index in [4.69, 9.17) is 18.9 Å². The highest BCUT2D eigenvalue weighted by Crippen LogP contribution is 2.36. The molecule has 49 heteroatoms. The van der Waals surface area contributed by atoms with Gasteiger partial charge in [-0.2, -0.15) is 10.2 Å². The van der Waals surface area contributed by atoms with Gasteiger partial charge in [0.1, 0.15) is 100 Å². The fourth-order valence-electron chi connectivity index (χ4n) is 15.7. The van der Waals surface area contributed by atoms with E-state index >= 15 is 0 Å². The number of anilines is 4. The molecule has 0 radical (unpaired) electrons. The predicted octanol–water partition coefficient (Wildman–Crippen LogP) is 3.22. The van der Waals surface area contributed by atoms with Gasteiger partial charge in [0.25, 0.3) is 0 Å². The number of ether oxygens (including phenoxy) is 4. The molecule has 724 valence electrons. The first-order chi connectivity index (χ1) is 69.2. The fourth-order valence-corrected chi connectivity index (χ4v) is 15.7. The molecule has 3 aromatic carbocycles. The van der Waals surface area contributed by atoms with Gasteiger partial charge in [-0.15, -0.1) is 30.6 Å². The summed E-state index contributed by atoms with van der Waals surface area (Å²) in [5.41, 5.74) is 11.9. The lowest BCUT2D eigenvalue weighted by Gasteiger charge is -2.08. The number of hydrogen-bond acceptors (Lipinski definition) is 33. The number of nitrogens with one attached hydrogen (secondary N) is 10. The Bertz CT molecular complexity index is 6640. The van der Waals surface area contributed by atoms with Gasteiger partial charge < -0.3 is 61.5 Å². The van der Waals surface area contributed by atoms with Crippen LogP contribution in [0.4, 0.5) is 23.0 Å². The average Bonchev–Trinajstić information content (AvgIpc) is 1.43. The zero-order valence-electron chi connectivity index (χ0n) is 75.9. The number of nitrogens with zero attached hydrogens (tertiary/aromatic N) is 24. The van der Waals surface area contributed by atoms with E-state index in [2.05, 4.69) is 158 Å². The molecular weight excluding hydrogens is 1830 g/mol. The van der Waals surface area contributed by atoms with Crippen molar-refractivity contribution < 1.29 is 71.7 Å². The number of ketones is 3. The second-order valence-electron chi connectivity index (χ2n) is 33.8. The number of pyridine rings is 2. The fraction of sp³-hybridized carbons (Fsp3) is 0.301. The summed E-state index contributed by atoms with van der Waals surface area (Å²) in [5.74, 6) is -5.62. The molecule has 19 heterocycles. The Kier molecular flexibility index (Phi) is 29.2. The largest absolute Gasteiger partial charge is 0.371 e. The quantitative estimate of drug-likeness (QED) is 0.0120. The molecule has 8 atom stereocenters. The number of aryl methyl sites for hydroxylation is 3. The van der Waals surface area contributed by atoms with E-state index in [9.17, 15) is 52.7 Å². The van der Waals surface area contributed by atoms with Gasteiger partial charge in [0.2, 0.25) is 47.3 Å². The zero-order chi connectivity index (χ0) is 98.1. The minimum absolute atomic E-state index is 0.0101. The van der Waals surface area contributed by atoms with Gasteiger partial charge in [0.15, 0.2) is 17.3 Å². The number of Topliss-reactive ketones (excluding diaryl/α,β-unsaturated/α-hetero) is 3. The molecule has 9 aliphatic rings. The van der Waals surface area contributed by atoms with Crippen molar-refractivity contribution in [2.45, 2.75) is 152 Å². The van der Waals surface area contributed by atoms with E-state index in [1.54, 1.807) is 114 Å². The number of carbonyl (C=O) groups excluding carboxylic acids is 11. The standard InChI is InChI=1S/C19H17N5O2.C18H19N5O.C15H15N5O3.2C14H14N6O3.C13H13N7O3/c1-12-8-13(18(26)9-12)10-24-11-14(20-23-24)6-7-17(25)19-15-4-2-3-5-16(15)21-22-19;1-2-3-4-7-12-23-13-14(19-22-23)10-11-17(24)18-15-8-5-6-9-16(15)20-21-18;21-14(13-11-3-1-2-4-12(11)17-15(13)22)16-5-9-6-20(19-18-9)7-10-8-23-10;21-13(12-10-4-15-2-1-11(10)17-14(12)22)16-3-8-5-20(19-18-8)6-9-7-23-9;21-13(11-10-2-1-3-15-12(10)17-14(11)22)16-4-8-5-20(19-18-8)6-9-7-23-9;21-12(10-9-2-14-6-16-11(9)17-13(10)22)15-1-7-3-20(19-18-7)4-8-5-23-8/h2-5,8,11H,1,6-7,9-10H2,(H,21,22);2-6,8-9,13H,1,7,10-12H2,(H,20,21);1-4,6,10,13H,5,7-8H2,(H,16,21)(H,17,22);1-2,4-5,9,12H,3,6-7H2,(H,16,21)(H,17,22);1-3,5,9,11H,4,6-7H2,(H,16,21)(H,15,17,22);2-3,6,8,10H,1,4-5H2,(H,15,21)(H,14,16,17,22)/b;4-3+;;;;. The summed E-state index contributed by atoms with van der Waals surface area (Å²) in [6, 6.07) is 27.5. The van der Waals surface area contributed by atoms with Crippen LogP contribution in [-0.4, -0.2) is 246 Å². The van der Waals surface area contributed by atoms with Gasteiger partial charge in [-0.1, -0.05) is 129 Å². The summed E-state index contributed by atoms with van der Waals surface area (Å²) in [4.78, 5) is 150. The Hall–Kier alpha value is -17.6. The average molecular weight is 1930 g/mol. The molecule has 0 bridgehead atoms. The predicted molar refractivity (Wildman–Crippen MR) is 497 cm³/mol. The lowest BCUT2D eigenvalue weighted by molar-refractivity contribution is -0.130. The summed E-state index contributed by atoms with van der Waals surface area (Å²) in [6.45, 7) is 15.0. The van der Waals surface area contributed by atoms with Crippen molar-refractivity contribution in [1.29, 1.82) is 0 Å². The minimum atomic E-state index is -0.943. The number of epoxide rings is 4. The van der Waals surface area contributed by atoms with E-state index in [1.165, 1.54) is 18.7 Å². The second kappa shape index (κ2) is 43.8. The lowest BCUT2D eigenvalue weighted by Crippen LogP contribution is -2.32. The van der Waals surface area contributed by atoms with Crippen molar-refractivity contribution in [2.24, 2.45) is 0 Å². The van der Waals surface area contributed by atoms with Crippen LogP contribution in [0.15, 0.2) is 208 Å². The number of rotatable bonds is 34. The second-order valence-corrected chi connectivity index (χ2v) is 33.8. The van der Waals surface area contributed by atoms with E-state index in [1.807, 2.05) is 79.0 Å². The van der Waals surface area contributed by atoms with Crippen LogP contribution in [0, 0.1) is 0 Å². The zero-order valence-corrected chi connectivity index (χ0v) is 75.9. The summed E-state index contributed by atoms with van der Waals surface area (Å²) in [6.07, 6.45) is 29.4. The Morgan fingerprint density at radius 1 is 0.437 bits per heavy atom. The number of aromatic nitrogens is 26. The molecule has 4 saturated heterocycles. The summed E-state index contributed by atoms with van der Waals surface area (Å²) in [7, 11) is 0. The van der Waals surface area contributed by atoms with Crippen molar-refractivity contribution in [3.8, 4) is 0 Å². The molecular formula is C93H92N34O15. The monoisotopic (exact) mass is 1920 g/mol. The highest BCUT2D eigenvalue weighted by molar-refractivity contribution is 6.19. The van der Waals surface area contributed by atoms with Crippen molar-refractivity contribution in [2.75, 3.05) is 47.7 Å². The Morgan fingerprint density at radius 2 is 0.845 bits per heavy atom. The molecule has 0 spiro atoms. The molecule has 23 rings (SSSR count). The summed E-state index contributed by atoms with van der Waals surface area (Å²) >= 11 is 0. The van der Waals surface area contributed by atoms with Crippen LogP contribution in [0.5, 0.6) is 0 Å². The summed E-state index contributed by atoms with van der Waals surface area (Å²) < 4.78 is 30.6. The van der Waals surface area contributed by atoms with Gasteiger partial charge in [-0.05, 0) is 47.9 Å². The third kappa shape index (κ3) is 24.3. The smallest absolute Gasteiger partial charge is 0.242 e. The minimum Gasteiger partial charge on any atom is -0.371 e. The van der Waals surface area contributed by atoms with Crippen LogP contribution >= 0.6 is 0 Å². The number of amides is 8. The Labute approximate surface area is 804 Å². The SMILES string of the molecule is C=C/C=C/CCn1cc(CCC(=O)c2n[nH]c3ccccc23)nn1.C=C1C=C(Cn2cc(CCC(=O)c3n[nH]c4ccccc34)nn2)C(=O)C1.O=C(NCc1cn(CC2CO2)nn1)C1C(=O)Nc2ccccc21.O=C(NCc1cn(CC2CO2)nn1)C1C(=O)Nc2ccncc21.O=C(NCc1cn(CC2CO2)nn1)C1C(=O)Nc2ncccc21.O=C(NCc1cn(CC2CO2)nn1)C1C(=O)Nc2ncncc21. The normalized spacial score (nSPS) is 18.5.